The lowest BCUT2D eigenvalue weighted by molar-refractivity contribution is -0.196. The van der Waals surface area contributed by atoms with Crippen molar-refractivity contribution in [2.24, 2.45) is 11.8 Å². The number of rotatable bonds is 1. The van der Waals surface area contributed by atoms with Gasteiger partial charge in [0.1, 0.15) is 0 Å². The van der Waals surface area contributed by atoms with Crippen LogP contribution in [0.5, 0.6) is 0 Å². The van der Waals surface area contributed by atoms with Gasteiger partial charge in [-0.25, -0.2) is 0 Å². The topological polar surface area (TPSA) is 55.8 Å². The van der Waals surface area contributed by atoms with E-state index in [0.29, 0.717) is 32.5 Å². The van der Waals surface area contributed by atoms with Crippen molar-refractivity contribution in [2.45, 2.75) is 32.0 Å². The Kier molecular flexibility index (Phi) is 2.49. The maximum absolute atomic E-state index is 10.9. The molecular weight excluding hydrogens is 184 g/mol. The van der Waals surface area contributed by atoms with Gasteiger partial charge in [-0.05, 0) is 12.3 Å². The van der Waals surface area contributed by atoms with Crippen molar-refractivity contribution in [2.75, 3.05) is 13.2 Å². The van der Waals surface area contributed by atoms with Gasteiger partial charge in [0.15, 0.2) is 5.79 Å². The number of ether oxygens (including phenoxy) is 2. The van der Waals surface area contributed by atoms with Gasteiger partial charge in [-0.3, -0.25) is 4.79 Å². The molecule has 0 aromatic rings. The van der Waals surface area contributed by atoms with E-state index in [1.54, 1.807) is 0 Å². The van der Waals surface area contributed by atoms with E-state index in [9.17, 15) is 4.79 Å². The monoisotopic (exact) mass is 200 g/mol. The van der Waals surface area contributed by atoms with Crippen LogP contribution in [0.3, 0.4) is 0 Å². The number of carbonyl (C=O) groups is 1. The van der Waals surface area contributed by atoms with Crippen molar-refractivity contribution >= 4 is 5.97 Å². The predicted molar refractivity (Wildman–Crippen MR) is 48.8 cm³/mol. The van der Waals surface area contributed by atoms with Crippen molar-refractivity contribution in [1.29, 1.82) is 0 Å². The Morgan fingerprint density at radius 3 is 2.57 bits per heavy atom. The molecule has 2 atom stereocenters. The van der Waals surface area contributed by atoms with Gasteiger partial charge in [0.05, 0.1) is 19.1 Å². The molecule has 2 aliphatic rings. The highest BCUT2D eigenvalue weighted by molar-refractivity contribution is 5.70. The van der Waals surface area contributed by atoms with Crippen LogP contribution in [0, 0.1) is 11.8 Å². The molecule has 1 N–H and O–H groups in total. The zero-order valence-corrected chi connectivity index (χ0v) is 8.36. The summed E-state index contributed by atoms with van der Waals surface area (Å²) < 4.78 is 11.1. The molecule has 1 saturated heterocycles. The quantitative estimate of drug-likeness (QED) is 0.692. The van der Waals surface area contributed by atoms with Crippen LogP contribution in [0.1, 0.15) is 26.2 Å². The summed E-state index contributed by atoms with van der Waals surface area (Å²) in [5.74, 6) is -1.23. The zero-order valence-electron chi connectivity index (χ0n) is 8.36. The summed E-state index contributed by atoms with van der Waals surface area (Å²) >= 11 is 0. The van der Waals surface area contributed by atoms with Crippen LogP contribution in [0.4, 0.5) is 0 Å². The third-order valence-corrected chi connectivity index (χ3v) is 3.29. The Morgan fingerprint density at radius 1 is 1.43 bits per heavy atom. The van der Waals surface area contributed by atoms with Crippen LogP contribution in [0.25, 0.3) is 0 Å². The molecule has 80 valence electrons. The average molecular weight is 200 g/mol. The van der Waals surface area contributed by atoms with E-state index in [0.717, 1.165) is 0 Å². The lowest BCUT2D eigenvalue weighted by Gasteiger charge is -2.37. The molecule has 0 bridgehead atoms. The van der Waals surface area contributed by atoms with Crippen LogP contribution in [0.15, 0.2) is 0 Å². The first-order chi connectivity index (χ1) is 6.63. The molecule has 2 fully saturated rings. The fourth-order valence-corrected chi connectivity index (χ4v) is 2.52. The third-order valence-electron chi connectivity index (χ3n) is 3.29. The van der Waals surface area contributed by atoms with E-state index in [1.165, 1.54) is 0 Å². The molecule has 4 nitrogen and oxygen atoms in total. The van der Waals surface area contributed by atoms with Gasteiger partial charge in [0.25, 0.3) is 0 Å². The van der Waals surface area contributed by atoms with E-state index < -0.39 is 11.8 Å². The summed E-state index contributed by atoms with van der Waals surface area (Å²) in [6.45, 7) is 3.25. The van der Waals surface area contributed by atoms with Crippen molar-refractivity contribution < 1.29 is 19.4 Å². The Bertz CT molecular complexity index is 232. The second-order valence-electron chi connectivity index (χ2n) is 4.27. The molecule has 1 saturated carbocycles. The molecule has 0 aromatic heterocycles. The first-order valence-corrected chi connectivity index (χ1v) is 5.14. The molecule has 1 aliphatic carbocycles. The number of carboxylic acid groups (broad SMARTS) is 1. The van der Waals surface area contributed by atoms with Gasteiger partial charge in [-0.1, -0.05) is 6.92 Å². The predicted octanol–water partition coefficient (Wildman–Crippen LogP) is 1.25. The molecular formula is C10H16O4. The first kappa shape index (κ1) is 9.93. The van der Waals surface area contributed by atoms with Crippen molar-refractivity contribution in [3.63, 3.8) is 0 Å². The summed E-state index contributed by atoms with van der Waals surface area (Å²) in [7, 11) is 0. The number of hydrogen-bond acceptors (Lipinski definition) is 3. The Balaban J connectivity index is 2.02. The van der Waals surface area contributed by atoms with Gasteiger partial charge in [-0.2, -0.15) is 0 Å². The summed E-state index contributed by atoms with van der Waals surface area (Å²) in [4.78, 5) is 10.9. The Labute approximate surface area is 83.2 Å². The van der Waals surface area contributed by atoms with Crippen LogP contribution >= 0.6 is 0 Å². The smallest absolute Gasteiger partial charge is 0.306 e. The van der Waals surface area contributed by atoms with Gasteiger partial charge >= 0.3 is 5.97 Å². The van der Waals surface area contributed by atoms with Gasteiger partial charge in [-0.15, -0.1) is 0 Å². The fraction of sp³-hybridized carbons (Fsp3) is 0.900. The molecule has 1 aliphatic heterocycles. The van der Waals surface area contributed by atoms with Gasteiger partial charge < -0.3 is 14.6 Å². The average Bonchev–Trinajstić information content (AvgIpc) is 2.52. The standard InChI is InChI=1S/C10H16O4/c1-7-6-10(13-4-5-14-10)3-2-8(7)9(11)12/h7-8H,2-6H2,1H3,(H,11,12)/t7-,8+/m1/s1. The Morgan fingerprint density at radius 2 is 2.07 bits per heavy atom. The zero-order chi connectivity index (χ0) is 10.2. The number of aliphatic carboxylic acids is 1. The minimum absolute atomic E-state index is 0.138. The van der Waals surface area contributed by atoms with E-state index in [1.807, 2.05) is 6.92 Å². The van der Waals surface area contributed by atoms with Gasteiger partial charge in [0, 0.05) is 12.8 Å². The van der Waals surface area contributed by atoms with Gasteiger partial charge in [0.2, 0.25) is 0 Å². The SMILES string of the molecule is C[C@@H]1CC2(CC[C@@H]1C(=O)O)OCCO2. The highest BCUT2D eigenvalue weighted by Gasteiger charge is 2.45. The van der Waals surface area contributed by atoms with Crippen LogP contribution in [-0.2, 0) is 14.3 Å². The summed E-state index contributed by atoms with van der Waals surface area (Å²) in [5.41, 5.74) is 0. The minimum atomic E-state index is -0.689. The van der Waals surface area contributed by atoms with E-state index in [-0.39, 0.29) is 11.8 Å². The molecule has 1 heterocycles. The van der Waals surface area contributed by atoms with E-state index >= 15 is 0 Å². The molecule has 14 heavy (non-hydrogen) atoms. The normalized spacial score (nSPS) is 36.1. The number of hydrogen-bond donors (Lipinski definition) is 1. The Hall–Kier alpha value is -0.610. The maximum atomic E-state index is 10.9. The summed E-state index contributed by atoms with van der Waals surface area (Å²) in [5, 5.41) is 8.96. The second kappa shape index (κ2) is 3.51. The van der Waals surface area contributed by atoms with Crippen molar-refractivity contribution in [1.82, 2.24) is 0 Å². The highest BCUT2D eigenvalue weighted by atomic mass is 16.7. The molecule has 0 aromatic carbocycles. The molecule has 2 rings (SSSR count). The molecule has 4 heteroatoms. The van der Waals surface area contributed by atoms with E-state index in [2.05, 4.69) is 0 Å². The number of carboxylic acids is 1. The minimum Gasteiger partial charge on any atom is -0.481 e. The van der Waals surface area contributed by atoms with Crippen LogP contribution in [-0.4, -0.2) is 30.1 Å². The summed E-state index contributed by atoms with van der Waals surface area (Å²) in [6, 6.07) is 0. The van der Waals surface area contributed by atoms with E-state index in [4.69, 9.17) is 14.6 Å². The van der Waals surface area contributed by atoms with Crippen LogP contribution < -0.4 is 0 Å². The lowest BCUT2D eigenvalue weighted by atomic mass is 9.77. The molecule has 0 amide bonds. The summed E-state index contributed by atoms with van der Waals surface area (Å²) in [6.07, 6.45) is 2.09. The molecule has 0 unspecified atom stereocenters. The van der Waals surface area contributed by atoms with Crippen molar-refractivity contribution in [3.05, 3.63) is 0 Å². The lowest BCUT2D eigenvalue weighted by Crippen LogP contribution is -2.41. The first-order valence-electron chi connectivity index (χ1n) is 5.14. The second-order valence-corrected chi connectivity index (χ2v) is 4.27. The fourth-order valence-electron chi connectivity index (χ4n) is 2.52. The molecule has 0 radical (unpaired) electrons. The van der Waals surface area contributed by atoms with Crippen LogP contribution in [0.2, 0.25) is 0 Å². The van der Waals surface area contributed by atoms with Crippen molar-refractivity contribution in [3.8, 4) is 0 Å². The largest absolute Gasteiger partial charge is 0.481 e. The highest BCUT2D eigenvalue weighted by Crippen LogP contribution is 2.41. The molecule has 1 spiro atoms. The third kappa shape index (κ3) is 1.64. The maximum Gasteiger partial charge on any atom is 0.306 e.